The van der Waals surface area contributed by atoms with Crippen LogP contribution in [0.25, 0.3) is 23.3 Å². The van der Waals surface area contributed by atoms with Crippen LogP contribution in [-0.2, 0) is 5.41 Å². The highest BCUT2D eigenvalue weighted by atomic mass is 16.5. The summed E-state index contributed by atoms with van der Waals surface area (Å²) in [4.78, 5) is 9.37. The van der Waals surface area contributed by atoms with Crippen LogP contribution in [0.3, 0.4) is 0 Å². The lowest BCUT2D eigenvalue weighted by atomic mass is 9.81. The molecule has 0 unspecified atom stereocenters. The Bertz CT molecular complexity index is 2440. The minimum atomic E-state index is -0.180. The molecule has 2 aliphatic heterocycles. The zero-order chi connectivity index (χ0) is 34.1. The van der Waals surface area contributed by atoms with Gasteiger partial charge < -0.3 is 19.3 Å². The molecule has 5 heteroatoms. The number of hydrogen-bond acceptors (Lipinski definition) is 5. The van der Waals surface area contributed by atoms with Gasteiger partial charge in [-0.25, -0.2) is 0 Å². The van der Waals surface area contributed by atoms with Crippen LogP contribution in [-0.4, -0.2) is 4.98 Å². The average molecular weight is 660 g/mol. The molecule has 1 aromatic heterocycles. The van der Waals surface area contributed by atoms with Gasteiger partial charge >= 0.3 is 0 Å². The first kappa shape index (κ1) is 29.3. The summed E-state index contributed by atoms with van der Waals surface area (Å²) in [5, 5.41) is 0. The summed E-state index contributed by atoms with van der Waals surface area (Å²) in [5.41, 5.74) is 13.3. The molecule has 0 atom stereocenters. The molecular formula is C46H33N3O2. The van der Waals surface area contributed by atoms with Gasteiger partial charge in [-0.3, -0.25) is 4.98 Å². The Morgan fingerprint density at radius 3 is 1.49 bits per heavy atom. The largest absolute Gasteiger partial charge is 0.453 e. The Morgan fingerprint density at radius 2 is 0.961 bits per heavy atom. The van der Waals surface area contributed by atoms with Crippen LogP contribution in [0.4, 0.5) is 34.1 Å². The molecule has 10 rings (SSSR count). The van der Waals surface area contributed by atoms with Gasteiger partial charge in [0.1, 0.15) is 0 Å². The van der Waals surface area contributed by atoms with Gasteiger partial charge in [0.25, 0.3) is 0 Å². The number of fused-ring (bicyclic) bond motifs is 7. The van der Waals surface area contributed by atoms with E-state index in [9.17, 15) is 0 Å². The van der Waals surface area contributed by atoms with Crippen molar-refractivity contribution in [2.45, 2.75) is 19.3 Å². The third-order valence-electron chi connectivity index (χ3n) is 10.3. The summed E-state index contributed by atoms with van der Waals surface area (Å²) in [6.45, 7) is 4.66. The highest BCUT2D eigenvalue weighted by Crippen LogP contribution is 2.54. The highest BCUT2D eigenvalue weighted by molar-refractivity contribution is 5.90. The number of para-hydroxylation sites is 8. The number of hydrogen-bond donors (Lipinski definition) is 0. The second kappa shape index (κ2) is 11.2. The van der Waals surface area contributed by atoms with Gasteiger partial charge in [0, 0.05) is 11.1 Å². The van der Waals surface area contributed by atoms with E-state index in [-0.39, 0.29) is 5.41 Å². The maximum atomic E-state index is 6.28. The Kier molecular flexibility index (Phi) is 6.46. The summed E-state index contributed by atoms with van der Waals surface area (Å²) in [6, 6.07) is 50.6. The number of nitrogens with zero attached hydrogens (tertiary/aromatic N) is 3. The van der Waals surface area contributed by atoms with Crippen molar-refractivity contribution in [3.63, 3.8) is 0 Å². The molecule has 1 aliphatic carbocycles. The van der Waals surface area contributed by atoms with E-state index >= 15 is 0 Å². The van der Waals surface area contributed by atoms with Gasteiger partial charge in [-0.15, -0.1) is 0 Å². The van der Waals surface area contributed by atoms with E-state index in [4.69, 9.17) is 14.5 Å². The fourth-order valence-electron chi connectivity index (χ4n) is 7.76. The predicted octanol–water partition coefficient (Wildman–Crippen LogP) is 12.7. The van der Waals surface area contributed by atoms with Crippen LogP contribution in [0.15, 0.2) is 152 Å². The van der Waals surface area contributed by atoms with Crippen molar-refractivity contribution in [2.24, 2.45) is 0 Å². The second-order valence-electron chi connectivity index (χ2n) is 13.7. The average Bonchev–Trinajstić information content (AvgIpc) is 3.40. The highest BCUT2D eigenvalue weighted by Gasteiger charge is 2.37. The van der Waals surface area contributed by atoms with E-state index in [0.29, 0.717) is 0 Å². The van der Waals surface area contributed by atoms with Gasteiger partial charge in [-0.05, 0) is 107 Å². The molecule has 7 aromatic rings. The normalized spacial score (nSPS) is 14.4. The van der Waals surface area contributed by atoms with Gasteiger partial charge in [0.2, 0.25) is 0 Å². The molecule has 0 amide bonds. The van der Waals surface area contributed by atoms with Crippen molar-refractivity contribution in [2.75, 3.05) is 9.80 Å². The third kappa shape index (κ3) is 4.66. The Morgan fingerprint density at radius 1 is 0.490 bits per heavy atom. The first-order valence-electron chi connectivity index (χ1n) is 17.3. The molecule has 244 valence electrons. The molecule has 0 radical (unpaired) electrons. The lowest BCUT2D eigenvalue weighted by Crippen LogP contribution is -2.18. The molecule has 0 saturated carbocycles. The first-order chi connectivity index (χ1) is 25.0. The lowest BCUT2D eigenvalue weighted by Gasteiger charge is -2.33. The molecule has 3 heterocycles. The standard InChI is InChI=1S/C46H33N3O2/c1-46(2)36-27-30(19-21-31-22-23-33(29-47-31)49-40-13-5-9-17-44(40)51-45-18-10-6-14-41(45)49)20-25-34(36)35-26-24-32(28-37(35)46)48-38-11-3-7-15-42(38)50-43-16-8-4-12-39(43)48/h3-29H,1-2H3/b21-19+. The smallest absolute Gasteiger partial charge is 0.151 e. The Balaban J connectivity index is 0.946. The third-order valence-corrected chi connectivity index (χ3v) is 10.3. The van der Waals surface area contributed by atoms with E-state index < -0.39 is 0 Å². The quantitative estimate of drug-likeness (QED) is 0.188. The van der Waals surface area contributed by atoms with E-state index in [1.165, 1.54) is 22.3 Å². The van der Waals surface area contributed by atoms with Crippen LogP contribution >= 0.6 is 0 Å². The summed E-state index contributed by atoms with van der Waals surface area (Å²) >= 11 is 0. The van der Waals surface area contributed by atoms with Gasteiger partial charge in [-0.2, -0.15) is 0 Å². The Labute approximate surface area is 297 Å². The van der Waals surface area contributed by atoms with Crippen molar-refractivity contribution < 1.29 is 9.47 Å². The molecule has 0 fully saturated rings. The lowest BCUT2D eigenvalue weighted by molar-refractivity contribution is 0.476. The van der Waals surface area contributed by atoms with Crippen molar-refractivity contribution in [1.82, 2.24) is 4.98 Å². The monoisotopic (exact) mass is 659 g/mol. The fraction of sp³-hybridized carbons (Fsp3) is 0.0652. The molecule has 0 N–H and O–H groups in total. The number of rotatable bonds is 4. The van der Waals surface area contributed by atoms with E-state index in [1.54, 1.807) is 0 Å². The molecule has 5 nitrogen and oxygen atoms in total. The van der Waals surface area contributed by atoms with Gasteiger partial charge in [-0.1, -0.05) is 92.7 Å². The maximum absolute atomic E-state index is 6.28. The van der Waals surface area contributed by atoms with Crippen molar-refractivity contribution in [3.8, 4) is 34.1 Å². The number of pyridine rings is 1. The molecule has 6 aromatic carbocycles. The van der Waals surface area contributed by atoms with Crippen LogP contribution < -0.4 is 19.3 Å². The number of aromatic nitrogens is 1. The zero-order valence-corrected chi connectivity index (χ0v) is 28.2. The summed E-state index contributed by atoms with van der Waals surface area (Å²) in [5.74, 6) is 3.37. The number of anilines is 6. The Hall–Kier alpha value is -6.59. The molecule has 3 aliphatic rings. The van der Waals surface area contributed by atoms with Gasteiger partial charge in [0.15, 0.2) is 23.0 Å². The van der Waals surface area contributed by atoms with E-state index in [0.717, 1.165) is 68.4 Å². The predicted molar refractivity (Wildman–Crippen MR) is 207 cm³/mol. The number of benzene rings is 6. The van der Waals surface area contributed by atoms with Crippen molar-refractivity contribution in [1.29, 1.82) is 0 Å². The summed E-state index contributed by atoms with van der Waals surface area (Å²) in [7, 11) is 0. The molecule has 51 heavy (non-hydrogen) atoms. The number of ether oxygens (including phenoxy) is 2. The minimum absolute atomic E-state index is 0.180. The van der Waals surface area contributed by atoms with E-state index in [1.807, 2.05) is 66.9 Å². The van der Waals surface area contributed by atoms with Crippen LogP contribution in [0.5, 0.6) is 23.0 Å². The van der Waals surface area contributed by atoms with Crippen molar-refractivity contribution >= 4 is 46.3 Å². The van der Waals surface area contributed by atoms with Crippen LogP contribution in [0, 0.1) is 0 Å². The minimum Gasteiger partial charge on any atom is -0.453 e. The maximum Gasteiger partial charge on any atom is 0.151 e. The summed E-state index contributed by atoms with van der Waals surface area (Å²) in [6.07, 6.45) is 6.19. The van der Waals surface area contributed by atoms with E-state index in [2.05, 4.69) is 121 Å². The first-order valence-corrected chi connectivity index (χ1v) is 17.3. The van der Waals surface area contributed by atoms with Crippen LogP contribution in [0.2, 0.25) is 0 Å². The van der Waals surface area contributed by atoms with Crippen molar-refractivity contribution in [3.05, 3.63) is 174 Å². The SMILES string of the molecule is CC1(C)c2cc(/C=C/c3ccc(N4c5ccccc5Oc5ccccc54)cn3)ccc2-c2ccc(N3c4ccccc4Oc4ccccc43)cc21. The molecule has 0 saturated heterocycles. The second-order valence-corrected chi connectivity index (χ2v) is 13.7. The zero-order valence-electron chi connectivity index (χ0n) is 28.2. The molecular weight excluding hydrogens is 627 g/mol. The fourth-order valence-corrected chi connectivity index (χ4v) is 7.76. The topological polar surface area (TPSA) is 37.8 Å². The van der Waals surface area contributed by atoms with Crippen LogP contribution in [0.1, 0.15) is 36.2 Å². The van der Waals surface area contributed by atoms with Gasteiger partial charge in [0.05, 0.1) is 40.3 Å². The molecule has 0 spiro atoms. The molecule has 0 bridgehead atoms. The summed E-state index contributed by atoms with van der Waals surface area (Å²) < 4.78 is 12.5.